The van der Waals surface area contributed by atoms with Crippen LogP contribution < -0.4 is 5.32 Å². The molecule has 0 aromatic carbocycles. The summed E-state index contributed by atoms with van der Waals surface area (Å²) in [6.45, 7) is 3.52. The number of piperidine rings is 1. The molecule has 1 aliphatic rings. The Hall–Kier alpha value is -0.940. The van der Waals surface area contributed by atoms with E-state index in [1.807, 2.05) is 0 Å². The van der Waals surface area contributed by atoms with E-state index in [0.717, 1.165) is 25.2 Å². The van der Waals surface area contributed by atoms with Crippen molar-refractivity contribution in [1.29, 1.82) is 0 Å². The number of likely N-dealkylation sites (tertiary alicyclic amines) is 1. The van der Waals surface area contributed by atoms with E-state index in [-0.39, 0.29) is 0 Å². The molecule has 5 nitrogen and oxygen atoms in total. The summed E-state index contributed by atoms with van der Waals surface area (Å²) in [6.07, 6.45) is 6.23. The molecule has 5 heteroatoms. The fraction of sp³-hybridized carbons (Fsp3) is 0.818. The van der Waals surface area contributed by atoms with E-state index in [0.29, 0.717) is 6.04 Å². The van der Waals surface area contributed by atoms with Gasteiger partial charge in [0.2, 0.25) is 0 Å². The van der Waals surface area contributed by atoms with Gasteiger partial charge in [0.15, 0.2) is 0 Å². The Bertz CT molecular complexity index is 277. The molecular formula is C11H21N5. The van der Waals surface area contributed by atoms with Crippen molar-refractivity contribution >= 4 is 0 Å². The van der Waals surface area contributed by atoms with Crippen molar-refractivity contribution in [3.05, 3.63) is 12.2 Å². The van der Waals surface area contributed by atoms with Crippen molar-refractivity contribution in [3.63, 3.8) is 0 Å². The average molecular weight is 223 g/mol. The normalized spacial score (nSPS) is 19.1. The molecular weight excluding hydrogens is 202 g/mol. The van der Waals surface area contributed by atoms with E-state index in [1.165, 1.54) is 25.9 Å². The molecule has 1 saturated heterocycles. The summed E-state index contributed by atoms with van der Waals surface area (Å²) in [5.41, 5.74) is 0. The zero-order valence-corrected chi connectivity index (χ0v) is 9.95. The highest BCUT2D eigenvalue weighted by molar-refractivity contribution is 4.81. The van der Waals surface area contributed by atoms with Crippen LogP contribution in [0.1, 0.15) is 25.1 Å². The molecule has 0 bridgehead atoms. The smallest absolute Gasteiger partial charge is 0.137 e. The zero-order chi connectivity index (χ0) is 11.2. The van der Waals surface area contributed by atoms with Crippen LogP contribution in [0.25, 0.3) is 0 Å². The summed E-state index contributed by atoms with van der Waals surface area (Å²) >= 11 is 0. The predicted molar refractivity (Wildman–Crippen MR) is 63.2 cm³/mol. The van der Waals surface area contributed by atoms with Crippen LogP contribution in [0, 0.1) is 0 Å². The highest BCUT2D eigenvalue weighted by Crippen LogP contribution is 2.07. The van der Waals surface area contributed by atoms with Crippen LogP contribution in [0.4, 0.5) is 0 Å². The summed E-state index contributed by atoms with van der Waals surface area (Å²) in [4.78, 5) is 6.50. The predicted octanol–water partition coefficient (Wildman–Crippen LogP) is 0.421. The third-order valence-corrected chi connectivity index (χ3v) is 3.21. The fourth-order valence-electron chi connectivity index (χ4n) is 2.13. The lowest BCUT2D eigenvalue weighted by Gasteiger charge is -2.29. The first-order valence-electron chi connectivity index (χ1n) is 6.11. The van der Waals surface area contributed by atoms with Gasteiger partial charge in [0.25, 0.3) is 0 Å². The van der Waals surface area contributed by atoms with Crippen LogP contribution in [-0.4, -0.2) is 52.8 Å². The average Bonchev–Trinajstić information content (AvgIpc) is 2.80. The lowest BCUT2D eigenvalue weighted by molar-refractivity contribution is 0.234. The number of aromatic amines is 1. The van der Waals surface area contributed by atoms with Gasteiger partial charge < -0.3 is 10.2 Å². The minimum atomic E-state index is 0.714. The lowest BCUT2D eigenvalue weighted by atomic mass is 10.1. The Morgan fingerprint density at radius 2 is 2.31 bits per heavy atom. The van der Waals surface area contributed by atoms with Crippen molar-refractivity contribution in [2.45, 2.75) is 31.7 Å². The molecule has 2 rings (SSSR count). The number of aryl methyl sites for hydroxylation is 1. The fourth-order valence-corrected chi connectivity index (χ4v) is 2.13. The van der Waals surface area contributed by atoms with E-state index >= 15 is 0 Å². The molecule has 0 amide bonds. The zero-order valence-electron chi connectivity index (χ0n) is 9.95. The third-order valence-electron chi connectivity index (χ3n) is 3.21. The molecule has 0 unspecified atom stereocenters. The third kappa shape index (κ3) is 3.57. The van der Waals surface area contributed by atoms with Gasteiger partial charge in [-0.15, -0.1) is 0 Å². The van der Waals surface area contributed by atoms with Crippen LogP contribution in [0.15, 0.2) is 6.33 Å². The topological polar surface area (TPSA) is 56.8 Å². The molecule has 0 radical (unpaired) electrons. The molecule has 1 aromatic rings. The Kier molecular flexibility index (Phi) is 4.30. The van der Waals surface area contributed by atoms with Crippen molar-refractivity contribution in [3.8, 4) is 0 Å². The van der Waals surface area contributed by atoms with Crippen LogP contribution in [0.5, 0.6) is 0 Å². The van der Waals surface area contributed by atoms with Gasteiger partial charge in [-0.25, -0.2) is 4.98 Å². The first-order valence-corrected chi connectivity index (χ1v) is 6.11. The summed E-state index contributed by atoms with van der Waals surface area (Å²) < 4.78 is 0. The van der Waals surface area contributed by atoms with Crippen LogP contribution in [-0.2, 0) is 6.42 Å². The van der Waals surface area contributed by atoms with Crippen molar-refractivity contribution in [2.24, 2.45) is 0 Å². The summed E-state index contributed by atoms with van der Waals surface area (Å²) in [7, 11) is 2.19. The molecule has 90 valence electrons. The van der Waals surface area contributed by atoms with Crippen molar-refractivity contribution in [2.75, 3.05) is 26.7 Å². The Morgan fingerprint density at radius 3 is 3.00 bits per heavy atom. The molecule has 0 saturated carbocycles. The molecule has 2 heterocycles. The molecule has 1 fully saturated rings. The second kappa shape index (κ2) is 5.96. The largest absolute Gasteiger partial charge is 0.314 e. The second-order valence-electron chi connectivity index (χ2n) is 4.57. The first kappa shape index (κ1) is 11.5. The van der Waals surface area contributed by atoms with Gasteiger partial charge in [0, 0.05) is 12.5 Å². The van der Waals surface area contributed by atoms with Crippen LogP contribution in [0.2, 0.25) is 0 Å². The Labute approximate surface area is 96.6 Å². The molecule has 0 aliphatic carbocycles. The Morgan fingerprint density at radius 1 is 1.50 bits per heavy atom. The van der Waals surface area contributed by atoms with Crippen LogP contribution in [0.3, 0.4) is 0 Å². The number of aromatic nitrogens is 3. The maximum absolute atomic E-state index is 4.11. The first-order chi connectivity index (χ1) is 7.84. The monoisotopic (exact) mass is 223 g/mol. The minimum absolute atomic E-state index is 0.714. The standard InChI is InChI=1S/C11H21N5/c1-16-7-4-10(5-8-16)12-6-2-3-11-13-9-14-15-11/h9-10,12H,2-8H2,1H3,(H,13,14,15). The maximum Gasteiger partial charge on any atom is 0.137 e. The molecule has 1 aliphatic heterocycles. The van der Waals surface area contributed by atoms with Crippen molar-refractivity contribution in [1.82, 2.24) is 25.4 Å². The van der Waals surface area contributed by atoms with Gasteiger partial charge in [-0.3, -0.25) is 5.10 Å². The molecule has 0 atom stereocenters. The number of hydrogen-bond donors (Lipinski definition) is 2. The number of hydrogen-bond acceptors (Lipinski definition) is 4. The molecule has 16 heavy (non-hydrogen) atoms. The van der Waals surface area contributed by atoms with Crippen molar-refractivity contribution < 1.29 is 0 Å². The lowest BCUT2D eigenvalue weighted by Crippen LogP contribution is -2.41. The Balaban J connectivity index is 1.55. The van der Waals surface area contributed by atoms with E-state index in [2.05, 4.69) is 32.4 Å². The molecule has 2 N–H and O–H groups in total. The number of rotatable bonds is 5. The van der Waals surface area contributed by atoms with Gasteiger partial charge in [0.05, 0.1) is 0 Å². The summed E-state index contributed by atoms with van der Waals surface area (Å²) in [6, 6.07) is 0.714. The molecule has 1 aromatic heterocycles. The van der Waals surface area contributed by atoms with Gasteiger partial charge in [0.1, 0.15) is 12.2 Å². The summed E-state index contributed by atoms with van der Waals surface area (Å²) in [5, 5.41) is 10.3. The second-order valence-corrected chi connectivity index (χ2v) is 4.57. The van der Waals surface area contributed by atoms with Crippen LogP contribution >= 0.6 is 0 Å². The number of nitrogens with one attached hydrogen (secondary N) is 2. The number of H-pyrrole nitrogens is 1. The summed E-state index contributed by atoms with van der Waals surface area (Å²) in [5.74, 6) is 0.991. The van der Waals surface area contributed by atoms with E-state index in [9.17, 15) is 0 Å². The minimum Gasteiger partial charge on any atom is -0.314 e. The highest BCUT2D eigenvalue weighted by Gasteiger charge is 2.15. The van der Waals surface area contributed by atoms with Gasteiger partial charge >= 0.3 is 0 Å². The van der Waals surface area contributed by atoms with Gasteiger partial charge in [-0.2, -0.15) is 5.10 Å². The maximum atomic E-state index is 4.11. The SMILES string of the molecule is CN1CCC(NCCCc2ncn[nH]2)CC1. The van der Waals surface area contributed by atoms with Gasteiger partial charge in [-0.1, -0.05) is 0 Å². The van der Waals surface area contributed by atoms with Gasteiger partial charge in [-0.05, 0) is 45.9 Å². The number of nitrogens with zero attached hydrogens (tertiary/aromatic N) is 3. The highest BCUT2D eigenvalue weighted by atomic mass is 15.2. The molecule has 0 spiro atoms. The van der Waals surface area contributed by atoms with E-state index in [4.69, 9.17) is 0 Å². The van der Waals surface area contributed by atoms with E-state index in [1.54, 1.807) is 6.33 Å². The van der Waals surface area contributed by atoms with E-state index < -0.39 is 0 Å². The quantitative estimate of drug-likeness (QED) is 0.710.